The zero-order valence-corrected chi connectivity index (χ0v) is 8.02. The van der Waals surface area contributed by atoms with E-state index in [9.17, 15) is 0 Å². The van der Waals surface area contributed by atoms with Crippen LogP contribution >= 0.6 is 0 Å². The highest BCUT2D eigenvalue weighted by molar-refractivity contribution is 5.33. The minimum atomic E-state index is 0.689. The zero-order chi connectivity index (χ0) is 8.43. The maximum Gasteiger partial charge on any atom is -0.0219 e. The molecule has 0 heterocycles. The average Bonchev–Trinajstić information content (AvgIpc) is 1.94. The molecule has 1 atom stereocenters. The van der Waals surface area contributed by atoms with E-state index >= 15 is 0 Å². The van der Waals surface area contributed by atoms with Gasteiger partial charge < -0.3 is 0 Å². The van der Waals surface area contributed by atoms with E-state index in [1.54, 1.807) is 5.57 Å². The molecule has 1 aliphatic rings. The van der Waals surface area contributed by atoms with Crippen LogP contribution in [-0.4, -0.2) is 0 Å². The van der Waals surface area contributed by atoms with Crippen molar-refractivity contribution < 1.29 is 0 Å². The summed E-state index contributed by atoms with van der Waals surface area (Å²) in [6.45, 7) is 9.03. The third kappa shape index (κ3) is 1.95. The van der Waals surface area contributed by atoms with E-state index in [1.807, 2.05) is 0 Å². The van der Waals surface area contributed by atoms with Crippen LogP contribution in [-0.2, 0) is 0 Å². The summed E-state index contributed by atoms with van der Waals surface area (Å²) < 4.78 is 0. The molecule has 11 heavy (non-hydrogen) atoms. The molecule has 0 saturated heterocycles. The van der Waals surface area contributed by atoms with E-state index in [1.165, 1.54) is 12.0 Å². The van der Waals surface area contributed by atoms with Crippen LogP contribution in [0.1, 0.15) is 34.1 Å². The molecule has 0 radical (unpaired) electrons. The highest BCUT2D eigenvalue weighted by Crippen LogP contribution is 2.27. The van der Waals surface area contributed by atoms with Crippen LogP contribution in [0.4, 0.5) is 0 Å². The first-order chi connectivity index (χ1) is 5.11. The molecule has 0 aromatic heterocycles. The Labute approximate surface area is 70.0 Å². The minimum Gasteiger partial charge on any atom is -0.0807 e. The first-order valence-electron chi connectivity index (χ1n) is 4.50. The standard InChI is InChI=1S/C11H18/c1-8(2)11-7-9(3)5-6-10(11)4/h6-9H,5H2,1-4H3. The van der Waals surface area contributed by atoms with E-state index in [0.717, 1.165) is 5.92 Å². The predicted octanol–water partition coefficient (Wildman–Crippen LogP) is 3.55. The Morgan fingerprint density at radius 2 is 2.09 bits per heavy atom. The molecule has 0 heteroatoms. The summed E-state index contributed by atoms with van der Waals surface area (Å²) >= 11 is 0. The van der Waals surface area contributed by atoms with Gasteiger partial charge in [-0.25, -0.2) is 0 Å². The van der Waals surface area contributed by atoms with Gasteiger partial charge in [0, 0.05) is 0 Å². The lowest BCUT2D eigenvalue weighted by molar-refractivity contribution is 0.677. The summed E-state index contributed by atoms with van der Waals surface area (Å²) in [5.74, 6) is 1.44. The molecule has 1 aliphatic carbocycles. The van der Waals surface area contributed by atoms with E-state index < -0.39 is 0 Å². The highest BCUT2D eigenvalue weighted by Gasteiger charge is 2.11. The molecule has 0 saturated carbocycles. The van der Waals surface area contributed by atoms with Crippen molar-refractivity contribution in [1.82, 2.24) is 0 Å². The summed E-state index contributed by atoms with van der Waals surface area (Å²) in [6, 6.07) is 0. The van der Waals surface area contributed by atoms with Crippen LogP contribution in [0.15, 0.2) is 23.3 Å². The van der Waals surface area contributed by atoms with Gasteiger partial charge in [0.05, 0.1) is 0 Å². The Morgan fingerprint density at radius 1 is 1.45 bits per heavy atom. The maximum atomic E-state index is 2.42. The van der Waals surface area contributed by atoms with Crippen LogP contribution in [0, 0.1) is 11.8 Å². The van der Waals surface area contributed by atoms with Gasteiger partial charge in [-0.15, -0.1) is 0 Å². The molecule has 0 aromatic rings. The smallest absolute Gasteiger partial charge is 0.0219 e. The summed E-state index contributed by atoms with van der Waals surface area (Å²) in [4.78, 5) is 0. The minimum absolute atomic E-state index is 0.689. The molecule has 0 nitrogen and oxygen atoms in total. The summed E-state index contributed by atoms with van der Waals surface area (Å²) in [6.07, 6.45) is 6.00. The van der Waals surface area contributed by atoms with Gasteiger partial charge in [0.25, 0.3) is 0 Å². The van der Waals surface area contributed by atoms with Gasteiger partial charge in [0.15, 0.2) is 0 Å². The van der Waals surface area contributed by atoms with E-state index in [0.29, 0.717) is 5.92 Å². The topological polar surface area (TPSA) is 0 Å². The van der Waals surface area contributed by atoms with Crippen LogP contribution < -0.4 is 0 Å². The van der Waals surface area contributed by atoms with Crippen molar-refractivity contribution in [2.75, 3.05) is 0 Å². The first-order valence-corrected chi connectivity index (χ1v) is 4.50. The van der Waals surface area contributed by atoms with Gasteiger partial charge in [-0.1, -0.05) is 38.5 Å². The number of allylic oxidation sites excluding steroid dienone is 4. The number of rotatable bonds is 1. The molecule has 62 valence electrons. The molecular weight excluding hydrogens is 132 g/mol. The lowest BCUT2D eigenvalue weighted by Gasteiger charge is -2.19. The zero-order valence-electron chi connectivity index (χ0n) is 8.02. The molecular formula is C11H18. The number of hydrogen-bond donors (Lipinski definition) is 0. The fourth-order valence-corrected chi connectivity index (χ4v) is 1.63. The molecule has 0 spiro atoms. The molecule has 1 unspecified atom stereocenters. The molecule has 0 bridgehead atoms. The van der Waals surface area contributed by atoms with Crippen molar-refractivity contribution in [3.63, 3.8) is 0 Å². The molecule has 0 amide bonds. The van der Waals surface area contributed by atoms with E-state index in [4.69, 9.17) is 0 Å². The SMILES string of the molecule is CC1=CCC(C)C=C1C(C)C. The van der Waals surface area contributed by atoms with Gasteiger partial charge in [-0.05, 0) is 30.8 Å². The monoisotopic (exact) mass is 150 g/mol. The van der Waals surface area contributed by atoms with Crippen molar-refractivity contribution in [2.45, 2.75) is 34.1 Å². The summed E-state index contributed by atoms with van der Waals surface area (Å²) in [5.41, 5.74) is 3.03. The molecule has 0 aliphatic heterocycles. The van der Waals surface area contributed by atoms with Gasteiger partial charge in [0.1, 0.15) is 0 Å². The molecule has 0 aromatic carbocycles. The molecule has 0 fully saturated rings. The van der Waals surface area contributed by atoms with Crippen molar-refractivity contribution in [3.8, 4) is 0 Å². The lowest BCUT2D eigenvalue weighted by atomic mass is 9.86. The van der Waals surface area contributed by atoms with Gasteiger partial charge >= 0.3 is 0 Å². The Kier molecular flexibility index (Phi) is 2.53. The van der Waals surface area contributed by atoms with Crippen molar-refractivity contribution in [3.05, 3.63) is 23.3 Å². The maximum absolute atomic E-state index is 2.42. The third-order valence-electron chi connectivity index (χ3n) is 2.34. The Balaban J connectivity index is 2.81. The Bertz CT molecular complexity index is 194. The van der Waals surface area contributed by atoms with Crippen LogP contribution in [0.25, 0.3) is 0 Å². The summed E-state index contributed by atoms with van der Waals surface area (Å²) in [5, 5.41) is 0. The van der Waals surface area contributed by atoms with Crippen LogP contribution in [0.3, 0.4) is 0 Å². The van der Waals surface area contributed by atoms with Crippen molar-refractivity contribution >= 4 is 0 Å². The Morgan fingerprint density at radius 3 is 2.55 bits per heavy atom. The predicted molar refractivity (Wildman–Crippen MR) is 50.5 cm³/mol. The van der Waals surface area contributed by atoms with Crippen molar-refractivity contribution in [1.29, 1.82) is 0 Å². The van der Waals surface area contributed by atoms with E-state index in [2.05, 4.69) is 39.8 Å². The quantitative estimate of drug-likeness (QED) is 0.536. The summed E-state index contributed by atoms with van der Waals surface area (Å²) in [7, 11) is 0. The molecule has 0 N–H and O–H groups in total. The fourth-order valence-electron chi connectivity index (χ4n) is 1.63. The van der Waals surface area contributed by atoms with Crippen molar-refractivity contribution in [2.24, 2.45) is 11.8 Å². The van der Waals surface area contributed by atoms with Gasteiger partial charge in [-0.3, -0.25) is 0 Å². The second-order valence-electron chi connectivity index (χ2n) is 3.88. The normalized spacial score (nSPS) is 25.0. The average molecular weight is 150 g/mol. The lowest BCUT2D eigenvalue weighted by Crippen LogP contribution is -2.04. The highest BCUT2D eigenvalue weighted by atomic mass is 14.2. The fraction of sp³-hybridized carbons (Fsp3) is 0.636. The molecule has 1 rings (SSSR count). The van der Waals surface area contributed by atoms with Crippen LogP contribution in [0.2, 0.25) is 0 Å². The third-order valence-corrected chi connectivity index (χ3v) is 2.34. The Hall–Kier alpha value is -0.520. The largest absolute Gasteiger partial charge is 0.0807 e. The second-order valence-corrected chi connectivity index (χ2v) is 3.88. The van der Waals surface area contributed by atoms with Gasteiger partial charge in [-0.2, -0.15) is 0 Å². The number of hydrogen-bond acceptors (Lipinski definition) is 0. The van der Waals surface area contributed by atoms with Crippen LogP contribution in [0.5, 0.6) is 0 Å². The van der Waals surface area contributed by atoms with E-state index in [-0.39, 0.29) is 0 Å². The van der Waals surface area contributed by atoms with Gasteiger partial charge in [0.2, 0.25) is 0 Å². The second kappa shape index (κ2) is 3.25. The first kappa shape index (κ1) is 8.58.